The molecule has 3 aromatic rings. The molecule has 11 heteroatoms. The van der Waals surface area contributed by atoms with Gasteiger partial charge >= 0.3 is 0 Å². The molecule has 10 nitrogen and oxygen atoms in total. The van der Waals surface area contributed by atoms with Crippen LogP contribution < -0.4 is 24.4 Å². The molecule has 0 radical (unpaired) electrons. The number of hydrogen-bond donors (Lipinski definition) is 1. The first-order valence-corrected chi connectivity index (χ1v) is 12.6. The Bertz CT molecular complexity index is 1350. The topological polar surface area (TPSA) is 116 Å². The number of amides is 1. The van der Waals surface area contributed by atoms with E-state index in [1.165, 1.54) is 39.7 Å². The molecule has 0 aliphatic rings. The van der Waals surface area contributed by atoms with Crippen LogP contribution in [-0.4, -0.2) is 59.8 Å². The van der Waals surface area contributed by atoms with E-state index in [1.807, 2.05) is 6.07 Å². The Balaban J connectivity index is 1.86. The molecule has 0 heterocycles. The number of methoxy groups -OCH3 is 4. The SMILES string of the molecule is COc1ccc(/C=N/NC(=O)CN(Cc2ccccc2)S(=O)(=O)c2cc(OC)ccc2OC)c(OC)c1. The van der Waals surface area contributed by atoms with Gasteiger partial charge in [0.05, 0.1) is 41.2 Å². The summed E-state index contributed by atoms with van der Waals surface area (Å²) in [6, 6.07) is 18.5. The van der Waals surface area contributed by atoms with Crippen molar-refractivity contribution in [2.24, 2.45) is 5.10 Å². The molecule has 3 aromatic carbocycles. The van der Waals surface area contributed by atoms with Crippen LogP contribution in [0, 0.1) is 0 Å². The second-order valence-corrected chi connectivity index (χ2v) is 9.58. The van der Waals surface area contributed by atoms with E-state index in [0.29, 0.717) is 28.4 Å². The van der Waals surface area contributed by atoms with Crippen molar-refractivity contribution < 1.29 is 32.2 Å². The minimum absolute atomic E-state index is 0.0486. The molecule has 0 saturated heterocycles. The predicted octanol–water partition coefficient (Wildman–Crippen LogP) is 3.06. The van der Waals surface area contributed by atoms with Gasteiger partial charge in [-0.05, 0) is 29.8 Å². The standard InChI is InChI=1S/C26H29N3O7S/c1-33-21-11-10-20(24(14-21)36-4)16-27-28-26(30)18-29(17-19-8-6-5-7-9-19)37(31,32)25-15-22(34-2)12-13-23(25)35-3/h5-16H,17-18H2,1-4H3,(H,28,30)/b27-16+. The second-order valence-electron chi connectivity index (χ2n) is 7.68. The van der Waals surface area contributed by atoms with Gasteiger partial charge in [-0.3, -0.25) is 4.79 Å². The third-order valence-corrected chi connectivity index (χ3v) is 7.16. The highest BCUT2D eigenvalue weighted by Gasteiger charge is 2.30. The van der Waals surface area contributed by atoms with Crippen molar-refractivity contribution in [1.29, 1.82) is 0 Å². The van der Waals surface area contributed by atoms with Crippen LogP contribution in [0.5, 0.6) is 23.0 Å². The van der Waals surface area contributed by atoms with E-state index in [1.54, 1.807) is 55.6 Å². The predicted molar refractivity (Wildman–Crippen MR) is 139 cm³/mol. The van der Waals surface area contributed by atoms with Crippen LogP contribution >= 0.6 is 0 Å². The Hall–Kier alpha value is -4.09. The van der Waals surface area contributed by atoms with E-state index >= 15 is 0 Å². The first-order valence-electron chi connectivity index (χ1n) is 11.1. The van der Waals surface area contributed by atoms with Gasteiger partial charge in [0.15, 0.2) is 0 Å². The molecule has 0 aromatic heterocycles. The Morgan fingerprint density at radius 2 is 1.51 bits per heavy atom. The molecule has 0 atom stereocenters. The highest BCUT2D eigenvalue weighted by molar-refractivity contribution is 7.89. The molecule has 37 heavy (non-hydrogen) atoms. The zero-order valence-electron chi connectivity index (χ0n) is 21.0. The molecule has 196 valence electrons. The van der Waals surface area contributed by atoms with E-state index in [-0.39, 0.29) is 17.2 Å². The summed E-state index contributed by atoms with van der Waals surface area (Å²) in [5.74, 6) is 0.930. The highest BCUT2D eigenvalue weighted by Crippen LogP contribution is 2.31. The van der Waals surface area contributed by atoms with Crippen molar-refractivity contribution in [2.75, 3.05) is 35.0 Å². The average molecular weight is 528 g/mol. The van der Waals surface area contributed by atoms with E-state index in [9.17, 15) is 13.2 Å². The molecule has 0 spiro atoms. The minimum atomic E-state index is -4.18. The molecule has 3 rings (SSSR count). The number of carbonyl (C=O) groups is 1. The van der Waals surface area contributed by atoms with Gasteiger partial charge < -0.3 is 18.9 Å². The third kappa shape index (κ3) is 6.99. The maximum atomic E-state index is 13.7. The smallest absolute Gasteiger partial charge is 0.255 e. The summed E-state index contributed by atoms with van der Waals surface area (Å²) in [5.41, 5.74) is 3.68. The van der Waals surface area contributed by atoms with E-state index in [2.05, 4.69) is 10.5 Å². The summed E-state index contributed by atoms with van der Waals surface area (Å²) in [4.78, 5) is 12.7. The number of nitrogens with zero attached hydrogens (tertiary/aromatic N) is 2. The number of carbonyl (C=O) groups excluding carboxylic acids is 1. The van der Waals surface area contributed by atoms with Gasteiger partial charge in [-0.1, -0.05) is 30.3 Å². The van der Waals surface area contributed by atoms with Gasteiger partial charge in [-0.15, -0.1) is 0 Å². The van der Waals surface area contributed by atoms with Crippen molar-refractivity contribution in [3.63, 3.8) is 0 Å². The monoisotopic (exact) mass is 527 g/mol. The van der Waals surface area contributed by atoms with Crippen LogP contribution in [0.4, 0.5) is 0 Å². The van der Waals surface area contributed by atoms with Crippen LogP contribution in [0.2, 0.25) is 0 Å². The molecule has 0 fully saturated rings. The lowest BCUT2D eigenvalue weighted by atomic mass is 10.2. The fourth-order valence-corrected chi connectivity index (χ4v) is 4.99. The van der Waals surface area contributed by atoms with Gasteiger partial charge in [0, 0.05) is 24.2 Å². The lowest BCUT2D eigenvalue weighted by Gasteiger charge is -2.23. The molecular formula is C26H29N3O7S. The van der Waals surface area contributed by atoms with Gasteiger partial charge in [-0.25, -0.2) is 13.8 Å². The maximum Gasteiger partial charge on any atom is 0.255 e. The maximum absolute atomic E-state index is 13.7. The van der Waals surface area contributed by atoms with Crippen molar-refractivity contribution in [3.8, 4) is 23.0 Å². The third-order valence-electron chi connectivity index (χ3n) is 5.34. The summed E-state index contributed by atoms with van der Waals surface area (Å²) in [7, 11) is 1.67. The number of hydrogen-bond acceptors (Lipinski definition) is 8. The summed E-state index contributed by atoms with van der Waals surface area (Å²) < 4.78 is 49.4. The normalized spacial score (nSPS) is 11.4. The van der Waals surface area contributed by atoms with Crippen molar-refractivity contribution in [1.82, 2.24) is 9.73 Å². The number of rotatable bonds is 12. The fraction of sp³-hybridized carbons (Fsp3) is 0.231. The summed E-state index contributed by atoms with van der Waals surface area (Å²) in [5, 5.41) is 3.97. The Kier molecular flexibility index (Phi) is 9.47. The molecule has 0 aliphatic carbocycles. The zero-order valence-corrected chi connectivity index (χ0v) is 21.8. The van der Waals surface area contributed by atoms with Crippen LogP contribution in [0.1, 0.15) is 11.1 Å². The van der Waals surface area contributed by atoms with Crippen LogP contribution in [0.15, 0.2) is 76.7 Å². The van der Waals surface area contributed by atoms with E-state index in [0.717, 1.165) is 4.31 Å². The highest BCUT2D eigenvalue weighted by atomic mass is 32.2. The molecular weight excluding hydrogens is 498 g/mol. The first-order chi connectivity index (χ1) is 17.8. The van der Waals surface area contributed by atoms with Crippen LogP contribution in [0.3, 0.4) is 0 Å². The second kappa shape index (κ2) is 12.7. The Morgan fingerprint density at radius 1 is 0.865 bits per heavy atom. The Labute approximate surface area is 216 Å². The number of sulfonamides is 1. The van der Waals surface area contributed by atoms with E-state index < -0.39 is 22.5 Å². The van der Waals surface area contributed by atoms with Crippen molar-refractivity contribution >= 4 is 22.1 Å². The number of benzene rings is 3. The molecule has 0 saturated carbocycles. The Morgan fingerprint density at radius 3 is 2.16 bits per heavy atom. The number of ether oxygens (including phenoxy) is 4. The van der Waals surface area contributed by atoms with Crippen molar-refractivity contribution in [3.05, 3.63) is 77.9 Å². The molecule has 1 amide bonds. The average Bonchev–Trinajstić information content (AvgIpc) is 2.92. The van der Waals surface area contributed by atoms with Gasteiger partial charge in [0.1, 0.15) is 27.9 Å². The van der Waals surface area contributed by atoms with Crippen LogP contribution in [-0.2, 0) is 21.4 Å². The number of nitrogens with one attached hydrogen (secondary N) is 1. The van der Waals surface area contributed by atoms with E-state index in [4.69, 9.17) is 18.9 Å². The van der Waals surface area contributed by atoms with Crippen LogP contribution in [0.25, 0.3) is 0 Å². The zero-order chi connectivity index (χ0) is 26.8. The lowest BCUT2D eigenvalue weighted by Crippen LogP contribution is -2.39. The largest absolute Gasteiger partial charge is 0.497 e. The first kappa shape index (κ1) is 27.5. The van der Waals surface area contributed by atoms with Gasteiger partial charge in [-0.2, -0.15) is 9.41 Å². The number of hydrazone groups is 1. The summed E-state index contributed by atoms with van der Waals surface area (Å²) in [6.07, 6.45) is 1.40. The van der Waals surface area contributed by atoms with Gasteiger partial charge in [0.25, 0.3) is 5.91 Å². The minimum Gasteiger partial charge on any atom is -0.497 e. The summed E-state index contributed by atoms with van der Waals surface area (Å²) in [6.45, 7) is -0.540. The molecule has 0 bridgehead atoms. The molecule has 0 aliphatic heterocycles. The van der Waals surface area contributed by atoms with Gasteiger partial charge in [0.2, 0.25) is 10.0 Å². The van der Waals surface area contributed by atoms with Crippen molar-refractivity contribution in [2.45, 2.75) is 11.4 Å². The molecule has 0 unspecified atom stereocenters. The fourth-order valence-electron chi connectivity index (χ4n) is 3.43. The molecule has 1 N–H and O–H groups in total. The summed E-state index contributed by atoms with van der Waals surface area (Å²) >= 11 is 0. The quantitative estimate of drug-likeness (QED) is 0.284. The lowest BCUT2D eigenvalue weighted by molar-refractivity contribution is -0.121.